The Bertz CT molecular complexity index is 1480. The van der Waals surface area contributed by atoms with E-state index in [1.807, 2.05) is 0 Å². The maximum Gasteiger partial charge on any atom is 0.332 e. The van der Waals surface area contributed by atoms with E-state index in [-0.39, 0.29) is 42.5 Å². The Hall–Kier alpha value is -3.48. The lowest BCUT2D eigenvalue weighted by atomic mass is 10.1. The molecule has 1 aliphatic heterocycles. The molecule has 0 saturated heterocycles. The highest BCUT2D eigenvalue weighted by Gasteiger charge is 2.36. The van der Waals surface area contributed by atoms with Gasteiger partial charge in [-0.15, -0.1) is 0 Å². The van der Waals surface area contributed by atoms with E-state index in [0.717, 1.165) is 14.4 Å². The van der Waals surface area contributed by atoms with Crippen molar-refractivity contribution in [3.63, 3.8) is 0 Å². The highest BCUT2D eigenvalue weighted by Crippen LogP contribution is 2.39. The number of aliphatic hydroxyl groups excluding tert-OH is 1. The third kappa shape index (κ3) is 4.54. The molecule has 36 heavy (non-hydrogen) atoms. The lowest BCUT2D eigenvalue weighted by Crippen LogP contribution is -2.41. The zero-order valence-electron chi connectivity index (χ0n) is 20.2. The molecule has 0 bridgehead atoms. The van der Waals surface area contributed by atoms with E-state index in [1.54, 1.807) is 36.2 Å². The Morgan fingerprint density at radius 3 is 2.28 bits per heavy atom. The van der Waals surface area contributed by atoms with E-state index in [4.69, 9.17) is 0 Å². The molecule has 2 heterocycles. The molecule has 0 amide bonds. The lowest BCUT2D eigenvalue weighted by molar-refractivity contribution is 0.277. The quantitative estimate of drug-likeness (QED) is 0.465. The van der Waals surface area contributed by atoms with Crippen molar-refractivity contribution in [3.8, 4) is 0 Å². The van der Waals surface area contributed by atoms with Crippen LogP contribution in [0.1, 0.15) is 23.7 Å². The van der Waals surface area contributed by atoms with E-state index >= 15 is 0 Å². The van der Waals surface area contributed by atoms with E-state index in [0.29, 0.717) is 11.4 Å². The van der Waals surface area contributed by atoms with Crippen molar-refractivity contribution in [2.45, 2.75) is 30.6 Å². The molecule has 0 aliphatic carbocycles. The molecule has 12 heteroatoms. The predicted octanol–water partition coefficient (Wildman–Crippen LogP) is 1.45. The Balaban J connectivity index is 1.83. The smallest absolute Gasteiger partial charge is 0.332 e. The Kier molecular flexibility index (Phi) is 7.03. The average molecular weight is 518 g/mol. The van der Waals surface area contributed by atoms with Crippen LogP contribution in [0.15, 0.2) is 63.0 Å². The zero-order chi connectivity index (χ0) is 26.2. The Morgan fingerprint density at radius 1 is 1.06 bits per heavy atom. The SMILES string of the molecule is CN(C)S(=O)(=O)c1ccc(C2Nc3c(c(=O)n(CCCO)c(=O)n3C)N2Cc2ccc(F)cc2)cc1. The third-order valence-corrected chi connectivity index (χ3v) is 8.01. The molecule has 0 radical (unpaired) electrons. The van der Waals surface area contributed by atoms with Crippen molar-refractivity contribution in [1.29, 1.82) is 0 Å². The van der Waals surface area contributed by atoms with Gasteiger partial charge in [0.15, 0.2) is 0 Å². The first-order chi connectivity index (χ1) is 17.1. The number of sulfonamides is 1. The topological polar surface area (TPSA) is 117 Å². The predicted molar refractivity (Wildman–Crippen MR) is 134 cm³/mol. The fraction of sp³-hybridized carbons (Fsp3) is 0.333. The summed E-state index contributed by atoms with van der Waals surface area (Å²) >= 11 is 0. The normalized spacial score (nSPS) is 15.3. The summed E-state index contributed by atoms with van der Waals surface area (Å²) in [7, 11) is 0.823. The van der Waals surface area contributed by atoms with Crippen molar-refractivity contribution >= 4 is 21.5 Å². The van der Waals surface area contributed by atoms with Gasteiger partial charge >= 0.3 is 5.69 Å². The van der Waals surface area contributed by atoms with Gasteiger partial charge in [-0.1, -0.05) is 24.3 Å². The largest absolute Gasteiger partial charge is 0.396 e. The monoisotopic (exact) mass is 517 g/mol. The maximum absolute atomic E-state index is 13.5. The summed E-state index contributed by atoms with van der Waals surface area (Å²) in [4.78, 5) is 28.3. The van der Waals surface area contributed by atoms with E-state index in [9.17, 15) is 27.5 Å². The van der Waals surface area contributed by atoms with Gasteiger partial charge in [-0.05, 0) is 41.8 Å². The number of nitrogens with zero attached hydrogens (tertiary/aromatic N) is 4. The first kappa shape index (κ1) is 25.6. The minimum atomic E-state index is -3.63. The van der Waals surface area contributed by atoms with E-state index in [2.05, 4.69) is 5.32 Å². The summed E-state index contributed by atoms with van der Waals surface area (Å²) in [5.74, 6) is -0.0657. The summed E-state index contributed by atoms with van der Waals surface area (Å²) in [6.07, 6.45) is -0.363. The van der Waals surface area contributed by atoms with Gasteiger partial charge in [-0.25, -0.2) is 21.9 Å². The second kappa shape index (κ2) is 9.88. The van der Waals surface area contributed by atoms with Gasteiger partial charge < -0.3 is 15.3 Å². The molecule has 1 atom stereocenters. The molecule has 1 aromatic heterocycles. The van der Waals surface area contributed by atoms with Gasteiger partial charge in [0.05, 0.1) is 4.90 Å². The number of aliphatic hydroxyl groups is 1. The van der Waals surface area contributed by atoms with Crippen LogP contribution < -0.4 is 21.5 Å². The molecule has 2 aromatic carbocycles. The highest BCUT2D eigenvalue weighted by atomic mass is 32.2. The second-order valence-electron chi connectivity index (χ2n) is 8.73. The van der Waals surface area contributed by atoms with Crippen molar-refractivity contribution < 1.29 is 17.9 Å². The van der Waals surface area contributed by atoms with Crippen LogP contribution >= 0.6 is 0 Å². The molecular weight excluding hydrogens is 489 g/mol. The molecular formula is C24H28FN5O5S. The Morgan fingerprint density at radius 2 is 1.69 bits per heavy atom. The number of hydrogen-bond donors (Lipinski definition) is 2. The number of hydrogen-bond acceptors (Lipinski definition) is 7. The van der Waals surface area contributed by atoms with Crippen molar-refractivity contribution in [2.75, 3.05) is 30.9 Å². The molecule has 4 rings (SSSR count). The number of benzene rings is 2. The van der Waals surface area contributed by atoms with Gasteiger partial charge in [-0.3, -0.25) is 13.9 Å². The minimum Gasteiger partial charge on any atom is -0.396 e. The summed E-state index contributed by atoms with van der Waals surface area (Å²) in [5, 5.41) is 12.5. The number of halogens is 1. The van der Waals surface area contributed by atoms with Crippen molar-refractivity contribution in [3.05, 3.63) is 86.3 Å². The van der Waals surface area contributed by atoms with E-state index < -0.39 is 27.4 Å². The standard InChI is InChI=1S/C24H28FN5O5S/c1-27(2)36(34,35)19-11-7-17(8-12-19)21-26-22-20(30(21)15-16-5-9-18(25)10-6-16)23(32)29(13-4-14-31)24(33)28(22)3/h5-12,21,26,31H,4,13-15H2,1-3H3. The molecule has 192 valence electrons. The van der Waals surface area contributed by atoms with Crippen LogP contribution in [0.25, 0.3) is 0 Å². The third-order valence-electron chi connectivity index (χ3n) is 6.18. The molecule has 0 fully saturated rings. The number of nitrogens with one attached hydrogen (secondary N) is 1. The number of aromatic nitrogens is 2. The second-order valence-corrected chi connectivity index (χ2v) is 10.9. The fourth-order valence-electron chi connectivity index (χ4n) is 4.19. The van der Waals surface area contributed by atoms with Crippen LogP contribution in [0.2, 0.25) is 0 Å². The van der Waals surface area contributed by atoms with Gasteiger partial charge in [0, 0.05) is 40.8 Å². The number of rotatable bonds is 8. The summed E-state index contributed by atoms with van der Waals surface area (Å²) in [5.41, 5.74) is 0.632. The first-order valence-electron chi connectivity index (χ1n) is 11.3. The van der Waals surface area contributed by atoms with Gasteiger partial charge in [0.25, 0.3) is 5.56 Å². The lowest BCUT2D eigenvalue weighted by Gasteiger charge is -2.27. The van der Waals surface area contributed by atoms with Gasteiger partial charge in [-0.2, -0.15) is 0 Å². The van der Waals surface area contributed by atoms with Crippen molar-refractivity contribution in [2.24, 2.45) is 7.05 Å². The van der Waals surface area contributed by atoms with Crippen LogP contribution in [0.5, 0.6) is 0 Å². The average Bonchev–Trinajstić information content (AvgIpc) is 3.23. The summed E-state index contributed by atoms with van der Waals surface area (Å²) < 4.78 is 42.1. The molecule has 3 aromatic rings. The maximum atomic E-state index is 13.5. The highest BCUT2D eigenvalue weighted by molar-refractivity contribution is 7.89. The minimum absolute atomic E-state index is 0.0570. The number of fused-ring (bicyclic) bond motifs is 1. The van der Waals surface area contributed by atoms with Crippen LogP contribution in [0.3, 0.4) is 0 Å². The molecule has 0 saturated carbocycles. The molecule has 1 unspecified atom stereocenters. The fourth-order valence-corrected chi connectivity index (χ4v) is 5.09. The summed E-state index contributed by atoms with van der Waals surface area (Å²) in [6.45, 7) is 0.104. The van der Waals surface area contributed by atoms with Crippen LogP contribution in [-0.4, -0.2) is 47.7 Å². The van der Waals surface area contributed by atoms with Crippen molar-refractivity contribution in [1.82, 2.24) is 13.4 Å². The Labute approximate surface area is 207 Å². The van der Waals surface area contributed by atoms with Crippen LogP contribution in [0, 0.1) is 5.82 Å². The molecule has 0 spiro atoms. The van der Waals surface area contributed by atoms with Crippen LogP contribution in [-0.2, 0) is 30.2 Å². The number of anilines is 2. The molecule has 1 aliphatic rings. The van der Waals surface area contributed by atoms with Gasteiger partial charge in [0.2, 0.25) is 10.0 Å². The van der Waals surface area contributed by atoms with E-state index in [1.165, 1.54) is 42.9 Å². The summed E-state index contributed by atoms with van der Waals surface area (Å²) in [6, 6.07) is 12.2. The molecule has 10 nitrogen and oxygen atoms in total. The van der Waals surface area contributed by atoms with Gasteiger partial charge in [0.1, 0.15) is 23.5 Å². The first-order valence-corrected chi connectivity index (χ1v) is 12.7. The zero-order valence-corrected chi connectivity index (χ0v) is 21.0. The molecule has 2 N–H and O–H groups in total. The van der Waals surface area contributed by atoms with Crippen LogP contribution in [0.4, 0.5) is 15.9 Å².